The number of hydrogen-bond donors (Lipinski definition) is 0. The molecule has 0 aliphatic rings. The third-order valence-electron chi connectivity index (χ3n) is 3.88. The molecule has 0 aliphatic carbocycles. The lowest BCUT2D eigenvalue weighted by Gasteiger charge is -2.33. The third kappa shape index (κ3) is 2.28. The number of rotatable bonds is 4. The van der Waals surface area contributed by atoms with Gasteiger partial charge in [-0.1, -0.05) is 30.7 Å². The molecule has 1 aromatic heterocycles. The van der Waals surface area contributed by atoms with Gasteiger partial charge in [-0.2, -0.15) is 0 Å². The van der Waals surface area contributed by atoms with Gasteiger partial charge in [0.15, 0.2) is 11.3 Å². The Labute approximate surface area is 118 Å². The van der Waals surface area contributed by atoms with Crippen LogP contribution in [0.5, 0.6) is 0 Å². The van der Waals surface area contributed by atoms with Crippen molar-refractivity contribution in [3.05, 3.63) is 35.0 Å². The van der Waals surface area contributed by atoms with Crippen molar-refractivity contribution in [2.24, 2.45) is 0 Å². The van der Waals surface area contributed by atoms with E-state index in [0.29, 0.717) is 22.8 Å². The first-order chi connectivity index (χ1) is 8.90. The van der Waals surface area contributed by atoms with Crippen molar-refractivity contribution in [1.82, 2.24) is 4.90 Å². The maximum atomic E-state index is 12.6. The van der Waals surface area contributed by atoms with Crippen LogP contribution in [0.3, 0.4) is 0 Å². The molecule has 1 aromatic carbocycles. The van der Waals surface area contributed by atoms with Crippen LogP contribution in [0.25, 0.3) is 11.0 Å². The summed E-state index contributed by atoms with van der Waals surface area (Å²) in [6.07, 6.45) is 0.712. The molecule has 0 N–H and O–H groups in total. The fourth-order valence-corrected chi connectivity index (χ4v) is 2.31. The summed E-state index contributed by atoms with van der Waals surface area (Å²) in [4.78, 5) is 14.6. The third-order valence-corrected chi connectivity index (χ3v) is 4.18. The maximum absolute atomic E-state index is 12.6. The van der Waals surface area contributed by atoms with E-state index in [1.54, 1.807) is 12.1 Å². The summed E-state index contributed by atoms with van der Waals surface area (Å²) in [5, 5.41) is 1.38. The minimum absolute atomic E-state index is 0.0210. The summed E-state index contributed by atoms with van der Waals surface area (Å²) in [7, 11) is 3.80. The fraction of sp³-hybridized carbons (Fsp3) is 0.400. The minimum Gasteiger partial charge on any atom is -0.451 e. The highest BCUT2D eigenvalue weighted by molar-refractivity contribution is 6.34. The molecule has 0 saturated heterocycles. The SMILES string of the molecule is CCC(C)(C(=O)c1cc2cccc(Cl)c2o1)N(C)C. The highest BCUT2D eigenvalue weighted by Crippen LogP contribution is 2.30. The molecule has 102 valence electrons. The number of likely N-dealkylation sites (N-methyl/N-ethyl adjacent to an activating group) is 1. The molecule has 0 saturated carbocycles. The number of ketones is 1. The molecular weight excluding hydrogens is 262 g/mol. The molecule has 19 heavy (non-hydrogen) atoms. The number of Topliss-reactive ketones (excluding diaryl/α,β-unsaturated/α-hetero) is 1. The van der Waals surface area contributed by atoms with E-state index >= 15 is 0 Å². The molecule has 1 unspecified atom stereocenters. The van der Waals surface area contributed by atoms with E-state index in [4.69, 9.17) is 16.0 Å². The molecule has 4 heteroatoms. The number of halogens is 1. The Hall–Kier alpha value is -1.32. The molecule has 1 atom stereocenters. The summed E-state index contributed by atoms with van der Waals surface area (Å²) >= 11 is 6.07. The average Bonchev–Trinajstić information content (AvgIpc) is 2.82. The second-order valence-corrected chi connectivity index (χ2v) is 5.53. The Kier molecular flexibility index (Phi) is 3.70. The monoisotopic (exact) mass is 279 g/mol. The van der Waals surface area contributed by atoms with Crippen LogP contribution in [0.2, 0.25) is 5.02 Å². The first-order valence-electron chi connectivity index (χ1n) is 6.30. The van der Waals surface area contributed by atoms with E-state index in [9.17, 15) is 4.79 Å². The lowest BCUT2D eigenvalue weighted by atomic mass is 9.90. The first kappa shape index (κ1) is 14.1. The van der Waals surface area contributed by atoms with Crippen LogP contribution in [0, 0.1) is 0 Å². The topological polar surface area (TPSA) is 33.5 Å². The summed E-state index contributed by atoms with van der Waals surface area (Å²) < 4.78 is 5.65. The van der Waals surface area contributed by atoms with Crippen molar-refractivity contribution < 1.29 is 9.21 Å². The van der Waals surface area contributed by atoms with Gasteiger partial charge in [0.2, 0.25) is 5.78 Å². The quantitative estimate of drug-likeness (QED) is 0.793. The number of para-hydroxylation sites is 1. The van der Waals surface area contributed by atoms with Crippen LogP contribution in [0.4, 0.5) is 0 Å². The number of furan rings is 1. The minimum atomic E-state index is -0.569. The molecule has 2 rings (SSSR count). The van der Waals surface area contributed by atoms with Crippen molar-refractivity contribution in [2.45, 2.75) is 25.8 Å². The van der Waals surface area contributed by atoms with Crippen molar-refractivity contribution in [3.8, 4) is 0 Å². The predicted molar refractivity (Wildman–Crippen MR) is 77.9 cm³/mol. The number of carbonyl (C=O) groups is 1. The van der Waals surface area contributed by atoms with Crippen LogP contribution < -0.4 is 0 Å². The summed E-state index contributed by atoms with van der Waals surface area (Å²) in [5.41, 5.74) is 0.00473. The van der Waals surface area contributed by atoms with E-state index in [-0.39, 0.29) is 5.78 Å². The summed E-state index contributed by atoms with van der Waals surface area (Å²) in [5.74, 6) is 0.341. The molecule has 0 fully saturated rings. The van der Waals surface area contributed by atoms with Gasteiger partial charge < -0.3 is 4.42 Å². The second kappa shape index (κ2) is 4.99. The van der Waals surface area contributed by atoms with Crippen LogP contribution in [-0.2, 0) is 0 Å². The summed E-state index contributed by atoms with van der Waals surface area (Å²) in [6, 6.07) is 7.26. The van der Waals surface area contributed by atoms with Crippen LogP contribution in [0.1, 0.15) is 30.8 Å². The van der Waals surface area contributed by atoms with Gasteiger partial charge in [-0.3, -0.25) is 9.69 Å². The molecule has 0 spiro atoms. The van der Waals surface area contributed by atoms with Gasteiger partial charge in [-0.15, -0.1) is 0 Å². The zero-order valence-corrected chi connectivity index (χ0v) is 12.4. The molecular formula is C15H18ClNO2. The number of nitrogens with zero attached hydrogens (tertiary/aromatic N) is 1. The highest BCUT2D eigenvalue weighted by atomic mass is 35.5. The van der Waals surface area contributed by atoms with Gasteiger partial charge in [0.05, 0.1) is 10.6 Å². The first-order valence-corrected chi connectivity index (χ1v) is 6.68. The molecule has 3 nitrogen and oxygen atoms in total. The Morgan fingerprint density at radius 2 is 2.11 bits per heavy atom. The van der Waals surface area contributed by atoms with E-state index in [0.717, 1.165) is 5.39 Å². The van der Waals surface area contributed by atoms with Crippen molar-refractivity contribution in [1.29, 1.82) is 0 Å². The largest absolute Gasteiger partial charge is 0.451 e. The van der Waals surface area contributed by atoms with Crippen LogP contribution in [-0.4, -0.2) is 30.3 Å². The fourth-order valence-electron chi connectivity index (χ4n) is 2.08. The Bertz CT molecular complexity index is 618. The zero-order chi connectivity index (χ0) is 14.2. The molecule has 0 aliphatic heterocycles. The Morgan fingerprint density at radius 3 is 2.63 bits per heavy atom. The normalized spacial score (nSPS) is 14.8. The molecule has 0 amide bonds. The lowest BCUT2D eigenvalue weighted by molar-refractivity contribution is 0.0682. The zero-order valence-electron chi connectivity index (χ0n) is 11.7. The lowest BCUT2D eigenvalue weighted by Crippen LogP contribution is -2.47. The second-order valence-electron chi connectivity index (χ2n) is 5.12. The maximum Gasteiger partial charge on any atom is 0.217 e. The molecule has 0 bridgehead atoms. The van der Waals surface area contributed by atoms with Gasteiger partial charge in [0.1, 0.15) is 0 Å². The smallest absolute Gasteiger partial charge is 0.217 e. The van der Waals surface area contributed by atoms with Crippen LogP contribution >= 0.6 is 11.6 Å². The average molecular weight is 280 g/mol. The Balaban J connectivity index is 2.50. The number of benzene rings is 1. The van der Waals surface area contributed by atoms with Gasteiger partial charge in [-0.25, -0.2) is 0 Å². The van der Waals surface area contributed by atoms with Gasteiger partial charge in [0, 0.05) is 5.39 Å². The van der Waals surface area contributed by atoms with E-state index in [1.165, 1.54) is 0 Å². The standard InChI is InChI=1S/C15H18ClNO2/c1-5-15(2,17(3)4)14(18)12-9-10-7-6-8-11(16)13(10)19-12/h6-9H,5H2,1-4H3. The van der Waals surface area contributed by atoms with Crippen LogP contribution in [0.15, 0.2) is 28.7 Å². The molecule has 0 radical (unpaired) electrons. The summed E-state index contributed by atoms with van der Waals surface area (Å²) in [6.45, 7) is 3.91. The van der Waals surface area contributed by atoms with Gasteiger partial charge >= 0.3 is 0 Å². The molecule has 1 heterocycles. The van der Waals surface area contributed by atoms with Gasteiger partial charge in [-0.05, 0) is 39.6 Å². The predicted octanol–water partition coefficient (Wildman–Crippen LogP) is 4.00. The highest BCUT2D eigenvalue weighted by Gasteiger charge is 2.36. The van der Waals surface area contributed by atoms with E-state index in [2.05, 4.69) is 0 Å². The number of fused-ring (bicyclic) bond motifs is 1. The number of carbonyl (C=O) groups excluding carboxylic acids is 1. The molecule has 2 aromatic rings. The van der Waals surface area contributed by atoms with Gasteiger partial charge in [0.25, 0.3) is 0 Å². The number of hydrogen-bond acceptors (Lipinski definition) is 3. The van der Waals surface area contributed by atoms with Crippen molar-refractivity contribution in [2.75, 3.05) is 14.1 Å². The van der Waals surface area contributed by atoms with E-state index in [1.807, 2.05) is 45.0 Å². The van der Waals surface area contributed by atoms with Crippen molar-refractivity contribution in [3.63, 3.8) is 0 Å². The van der Waals surface area contributed by atoms with Crippen molar-refractivity contribution >= 4 is 28.4 Å². The Morgan fingerprint density at radius 1 is 1.42 bits per heavy atom. The van der Waals surface area contributed by atoms with E-state index < -0.39 is 5.54 Å².